The first-order valence-corrected chi connectivity index (χ1v) is 8.26. The fraction of sp³-hybridized carbons (Fsp3) is 0.556. The van der Waals surface area contributed by atoms with Gasteiger partial charge in [-0.3, -0.25) is 9.59 Å². The topological polar surface area (TPSA) is 49.4 Å². The van der Waals surface area contributed by atoms with E-state index in [0.717, 1.165) is 37.8 Å². The second kappa shape index (κ2) is 7.97. The number of anilines is 1. The van der Waals surface area contributed by atoms with Crippen molar-refractivity contribution in [2.45, 2.75) is 58.4 Å². The van der Waals surface area contributed by atoms with Crippen molar-refractivity contribution in [3.63, 3.8) is 0 Å². The maximum atomic E-state index is 12.2. The third kappa shape index (κ3) is 4.58. The van der Waals surface area contributed by atoms with Gasteiger partial charge in [0, 0.05) is 18.7 Å². The molecule has 0 saturated heterocycles. The highest BCUT2D eigenvalue weighted by Gasteiger charge is 2.24. The number of amides is 2. The van der Waals surface area contributed by atoms with Crippen molar-refractivity contribution in [2.75, 3.05) is 11.9 Å². The number of hydrogen-bond donors (Lipinski definition) is 1. The molecule has 2 rings (SSSR count). The van der Waals surface area contributed by atoms with Crippen LogP contribution in [0.1, 0.15) is 51.5 Å². The zero-order chi connectivity index (χ0) is 15.9. The van der Waals surface area contributed by atoms with E-state index in [-0.39, 0.29) is 24.4 Å². The number of aryl methyl sites for hydroxylation is 1. The normalized spacial score (nSPS) is 15.4. The van der Waals surface area contributed by atoms with Gasteiger partial charge in [-0.15, -0.1) is 0 Å². The Balaban J connectivity index is 1.93. The molecular formula is C18H26N2O2. The maximum absolute atomic E-state index is 12.2. The lowest BCUT2D eigenvalue weighted by Crippen LogP contribution is -2.44. The molecule has 0 radical (unpaired) electrons. The van der Waals surface area contributed by atoms with Crippen molar-refractivity contribution in [1.29, 1.82) is 0 Å². The molecule has 0 bridgehead atoms. The van der Waals surface area contributed by atoms with Gasteiger partial charge >= 0.3 is 0 Å². The minimum absolute atomic E-state index is 0.0108. The van der Waals surface area contributed by atoms with E-state index < -0.39 is 0 Å². The molecule has 0 spiro atoms. The molecule has 1 aliphatic carbocycles. The van der Waals surface area contributed by atoms with Crippen LogP contribution in [0.4, 0.5) is 5.69 Å². The molecule has 2 amide bonds. The van der Waals surface area contributed by atoms with Gasteiger partial charge in [0.25, 0.3) is 0 Å². The number of nitrogens with zero attached hydrogens (tertiary/aromatic N) is 1. The zero-order valence-electron chi connectivity index (χ0n) is 13.6. The molecule has 1 fully saturated rings. The largest absolute Gasteiger partial charge is 0.331 e. The van der Waals surface area contributed by atoms with Gasteiger partial charge in [0.15, 0.2) is 0 Å². The average Bonchev–Trinajstić information content (AvgIpc) is 2.54. The van der Waals surface area contributed by atoms with E-state index in [4.69, 9.17) is 0 Å². The second-order valence-electron chi connectivity index (χ2n) is 6.04. The summed E-state index contributed by atoms with van der Waals surface area (Å²) >= 11 is 0. The molecule has 1 N–H and O–H groups in total. The first kappa shape index (κ1) is 16.5. The highest BCUT2D eigenvalue weighted by molar-refractivity contribution is 5.94. The van der Waals surface area contributed by atoms with Gasteiger partial charge in [0.1, 0.15) is 6.54 Å². The minimum atomic E-state index is -0.120. The first-order valence-electron chi connectivity index (χ1n) is 8.26. The van der Waals surface area contributed by atoms with E-state index in [1.165, 1.54) is 12.0 Å². The Bertz CT molecular complexity index is 504. The van der Waals surface area contributed by atoms with Gasteiger partial charge in [-0.05, 0) is 37.0 Å². The molecule has 4 heteroatoms. The predicted octanol–water partition coefficient (Wildman–Crippen LogP) is 3.37. The van der Waals surface area contributed by atoms with Crippen LogP contribution in [0.3, 0.4) is 0 Å². The summed E-state index contributed by atoms with van der Waals surface area (Å²) in [5.41, 5.74) is 2.03. The lowest BCUT2D eigenvalue weighted by molar-refractivity contribution is -0.135. The molecule has 4 nitrogen and oxygen atoms in total. The Labute approximate surface area is 132 Å². The molecule has 0 heterocycles. The number of hydrogen-bond acceptors (Lipinski definition) is 2. The van der Waals surface area contributed by atoms with Crippen molar-refractivity contribution >= 4 is 17.5 Å². The highest BCUT2D eigenvalue weighted by atomic mass is 16.2. The molecule has 120 valence electrons. The predicted molar refractivity (Wildman–Crippen MR) is 88.7 cm³/mol. The van der Waals surface area contributed by atoms with Crippen molar-refractivity contribution in [1.82, 2.24) is 4.90 Å². The van der Waals surface area contributed by atoms with Crippen LogP contribution in [0, 0.1) is 0 Å². The van der Waals surface area contributed by atoms with E-state index in [9.17, 15) is 9.59 Å². The van der Waals surface area contributed by atoms with Crippen LogP contribution in [0.15, 0.2) is 24.3 Å². The lowest BCUT2D eigenvalue weighted by atomic mass is 9.94. The number of carbonyl (C=O) groups excluding carboxylic acids is 2. The zero-order valence-corrected chi connectivity index (χ0v) is 13.6. The average molecular weight is 302 g/mol. The molecule has 22 heavy (non-hydrogen) atoms. The summed E-state index contributed by atoms with van der Waals surface area (Å²) < 4.78 is 0. The van der Waals surface area contributed by atoms with E-state index >= 15 is 0 Å². The Morgan fingerprint density at radius 3 is 2.32 bits per heavy atom. The van der Waals surface area contributed by atoms with E-state index in [0.29, 0.717) is 0 Å². The van der Waals surface area contributed by atoms with Crippen molar-refractivity contribution in [3.8, 4) is 0 Å². The molecule has 0 aliphatic heterocycles. The van der Waals surface area contributed by atoms with Crippen molar-refractivity contribution in [2.24, 2.45) is 0 Å². The molecule has 0 unspecified atom stereocenters. The first-order chi connectivity index (χ1) is 10.6. The van der Waals surface area contributed by atoms with Crippen LogP contribution in [-0.4, -0.2) is 29.3 Å². The fourth-order valence-corrected chi connectivity index (χ4v) is 3.07. The van der Waals surface area contributed by atoms with Gasteiger partial charge in [-0.25, -0.2) is 0 Å². The monoisotopic (exact) mass is 302 g/mol. The van der Waals surface area contributed by atoms with Crippen LogP contribution < -0.4 is 5.32 Å². The summed E-state index contributed by atoms with van der Waals surface area (Å²) in [4.78, 5) is 25.8. The molecule has 1 aliphatic rings. The van der Waals surface area contributed by atoms with Crippen molar-refractivity contribution < 1.29 is 9.59 Å². The Morgan fingerprint density at radius 1 is 1.14 bits per heavy atom. The van der Waals surface area contributed by atoms with E-state index in [1.54, 1.807) is 11.8 Å². The molecular weight excluding hydrogens is 276 g/mol. The molecule has 1 saturated carbocycles. The maximum Gasteiger partial charge on any atom is 0.244 e. The number of carbonyl (C=O) groups is 2. The van der Waals surface area contributed by atoms with Gasteiger partial charge in [-0.1, -0.05) is 38.3 Å². The third-order valence-electron chi connectivity index (χ3n) is 4.38. The van der Waals surface area contributed by atoms with Crippen molar-refractivity contribution in [3.05, 3.63) is 29.8 Å². The van der Waals surface area contributed by atoms with Crippen LogP contribution in [0.5, 0.6) is 0 Å². The third-order valence-corrected chi connectivity index (χ3v) is 4.38. The van der Waals surface area contributed by atoms with Gasteiger partial charge in [0.2, 0.25) is 11.8 Å². The number of benzene rings is 1. The Hall–Kier alpha value is -1.84. The highest BCUT2D eigenvalue weighted by Crippen LogP contribution is 2.22. The lowest BCUT2D eigenvalue weighted by Gasteiger charge is -2.33. The number of nitrogens with one attached hydrogen (secondary N) is 1. The van der Waals surface area contributed by atoms with E-state index in [2.05, 4.69) is 12.2 Å². The quantitative estimate of drug-likeness (QED) is 0.906. The Kier molecular flexibility index (Phi) is 5.99. The van der Waals surface area contributed by atoms with Gasteiger partial charge < -0.3 is 10.2 Å². The number of rotatable bonds is 5. The van der Waals surface area contributed by atoms with Gasteiger partial charge in [-0.2, -0.15) is 0 Å². The summed E-state index contributed by atoms with van der Waals surface area (Å²) in [7, 11) is 0. The molecule has 1 aromatic carbocycles. The summed E-state index contributed by atoms with van der Waals surface area (Å²) in [6.45, 7) is 3.80. The molecule has 0 atom stereocenters. The Morgan fingerprint density at radius 2 is 1.77 bits per heavy atom. The standard InChI is InChI=1S/C18H26N2O2/c1-3-15-9-11-16(12-10-15)19-18(22)13-20(14(2)21)17-7-5-4-6-8-17/h9-12,17H,3-8,13H2,1-2H3,(H,19,22). The molecule has 0 aromatic heterocycles. The second-order valence-corrected chi connectivity index (χ2v) is 6.04. The summed E-state index contributed by atoms with van der Waals surface area (Å²) in [5, 5.41) is 2.88. The van der Waals surface area contributed by atoms with E-state index in [1.807, 2.05) is 24.3 Å². The van der Waals surface area contributed by atoms with Crippen LogP contribution in [0.25, 0.3) is 0 Å². The fourth-order valence-electron chi connectivity index (χ4n) is 3.07. The molecule has 1 aromatic rings. The van der Waals surface area contributed by atoms with Crippen LogP contribution in [-0.2, 0) is 16.0 Å². The van der Waals surface area contributed by atoms with Crippen LogP contribution in [0.2, 0.25) is 0 Å². The van der Waals surface area contributed by atoms with Gasteiger partial charge in [0.05, 0.1) is 0 Å². The summed E-state index contributed by atoms with van der Waals surface area (Å²) in [6.07, 6.45) is 6.53. The minimum Gasteiger partial charge on any atom is -0.331 e. The van der Waals surface area contributed by atoms with Crippen LogP contribution >= 0.6 is 0 Å². The summed E-state index contributed by atoms with van der Waals surface area (Å²) in [6, 6.07) is 8.07. The SMILES string of the molecule is CCc1ccc(NC(=O)CN(C(C)=O)C2CCCCC2)cc1. The smallest absolute Gasteiger partial charge is 0.244 e. The summed E-state index contributed by atoms with van der Waals surface area (Å²) in [5.74, 6) is -0.131.